The monoisotopic (exact) mass is 242 g/mol. The van der Waals surface area contributed by atoms with Crippen molar-refractivity contribution in [2.75, 3.05) is 0 Å². The second-order valence-corrected chi connectivity index (χ2v) is 4.27. The molecule has 0 fully saturated rings. The average Bonchev–Trinajstić information content (AvgIpc) is 2.30. The molecule has 2 aromatic carbocycles. The Kier molecular flexibility index (Phi) is 3.33. The summed E-state index contributed by atoms with van der Waals surface area (Å²) in [5, 5.41) is 18.1. The number of aliphatic carboxylic acids is 1. The molecule has 0 atom stereocenters. The predicted molar refractivity (Wildman–Crippen MR) is 69.6 cm³/mol. The number of hydrogen-bond acceptors (Lipinski definition) is 2. The van der Waals surface area contributed by atoms with E-state index in [1.54, 1.807) is 12.1 Å². The molecule has 3 nitrogen and oxygen atoms in total. The van der Waals surface area contributed by atoms with Crippen molar-refractivity contribution in [1.29, 1.82) is 0 Å². The van der Waals surface area contributed by atoms with Gasteiger partial charge in [-0.05, 0) is 41.3 Å². The van der Waals surface area contributed by atoms with Crippen LogP contribution in [0.25, 0.3) is 11.1 Å². The average molecular weight is 242 g/mol. The third-order valence-corrected chi connectivity index (χ3v) is 2.83. The molecule has 0 saturated heterocycles. The minimum absolute atomic E-state index is 0.0365. The van der Waals surface area contributed by atoms with Crippen molar-refractivity contribution in [2.45, 2.75) is 13.3 Å². The second kappa shape index (κ2) is 4.92. The first-order chi connectivity index (χ1) is 8.56. The van der Waals surface area contributed by atoms with Gasteiger partial charge in [-0.25, -0.2) is 0 Å². The Balaban J connectivity index is 2.31. The highest BCUT2D eigenvalue weighted by molar-refractivity contribution is 5.72. The molecule has 0 aliphatic heterocycles. The Morgan fingerprint density at radius 1 is 1.11 bits per heavy atom. The van der Waals surface area contributed by atoms with E-state index in [1.807, 2.05) is 37.3 Å². The molecular formula is C15H14O3. The van der Waals surface area contributed by atoms with Crippen molar-refractivity contribution in [1.82, 2.24) is 0 Å². The van der Waals surface area contributed by atoms with Crippen molar-refractivity contribution in [3.8, 4) is 16.9 Å². The van der Waals surface area contributed by atoms with Gasteiger partial charge in [-0.3, -0.25) is 4.79 Å². The lowest BCUT2D eigenvalue weighted by Gasteiger charge is -2.07. The zero-order valence-corrected chi connectivity index (χ0v) is 10.1. The van der Waals surface area contributed by atoms with Crippen LogP contribution in [-0.2, 0) is 11.2 Å². The van der Waals surface area contributed by atoms with Crippen molar-refractivity contribution < 1.29 is 15.0 Å². The van der Waals surface area contributed by atoms with Gasteiger partial charge in [0.2, 0.25) is 0 Å². The molecule has 2 N–H and O–H groups in total. The molecule has 0 amide bonds. The lowest BCUT2D eigenvalue weighted by atomic mass is 9.99. The number of aryl methyl sites for hydroxylation is 1. The van der Waals surface area contributed by atoms with E-state index in [2.05, 4.69) is 0 Å². The Bertz CT molecular complexity index is 571. The fourth-order valence-corrected chi connectivity index (χ4v) is 1.95. The number of hydrogen-bond donors (Lipinski definition) is 2. The maximum atomic E-state index is 10.6. The summed E-state index contributed by atoms with van der Waals surface area (Å²) >= 11 is 0. The lowest BCUT2D eigenvalue weighted by molar-refractivity contribution is -0.136. The number of phenolic OH excluding ortho intramolecular Hbond substituents is 1. The third-order valence-electron chi connectivity index (χ3n) is 2.83. The van der Waals surface area contributed by atoms with Gasteiger partial charge in [0, 0.05) is 0 Å². The normalized spacial score (nSPS) is 10.3. The van der Waals surface area contributed by atoms with E-state index in [0.29, 0.717) is 0 Å². The van der Waals surface area contributed by atoms with E-state index in [4.69, 9.17) is 5.11 Å². The molecule has 0 aliphatic carbocycles. The van der Waals surface area contributed by atoms with Gasteiger partial charge < -0.3 is 10.2 Å². The zero-order valence-electron chi connectivity index (χ0n) is 10.1. The number of phenols is 1. The Morgan fingerprint density at radius 2 is 1.78 bits per heavy atom. The minimum Gasteiger partial charge on any atom is -0.508 e. The van der Waals surface area contributed by atoms with E-state index >= 15 is 0 Å². The third kappa shape index (κ3) is 2.69. The van der Waals surface area contributed by atoms with Gasteiger partial charge in [-0.15, -0.1) is 0 Å². The van der Waals surface area contributed by atoms with E-state index in [9.17, 15) is 9.90 Å². The van der Waals surface area contributed by atoms with Crippen LogP contribution >= 0.6 is 0 Å². The second-order valence-electron chi connectivity index (χ2n) is 4.27. The molecule has 0 radical (unpaired) electrons. The number of carboxylic acids is 1. The van der Waals surface area contributed by atoms with Crippen molar-refractivity contribution >= 4 is 5.97 Å². The number of benzene rings is 2. The van der Waals surface area contributed by atoms with E-state index < -0.39 is 5.97 Å². The van der Waals surface area contributed by atoms with Crippen molar-refractivity contribution in [2.24, 2.45) is 0 Å². The molecule has 3 heteroatoms. The number of aromatic hydroxyl groups is 1. The van der Waals surface area contributed by atoms with Crippen LogP contribution in [0, 0.1) is 6.92 Å². The van der Waals surface area contributed by atoms with Crippen LogP contribution in [0.5, 0.6) is 5.75 Å². The van der Waals surface area contributed by atoms with E-state index in [-0.39, 0.29) is 12.2 Å². The molecule has 0 aliphatic rings. The van der Waals surface area contributed by atoms with Gasteiger partial charge in [0.05, 0.1) is 6.42 Å². The largest absolute Gasteiger partial charge is 0.508 e. The first kappa shape index (κ1) is 12.2. The summed E-state index contributed by atoms with van der Waals surface area (Å²) in [5.41, 5.74) is 3.82. The summed E-state index contributed by atoms with van der Waals surface area (Å²) in [6.45, 7) is 1.93. The smallest absolute Gasteiger partial charge is 0.307 e. The van der Waals surface area contributed by atoms with Crippen LogP contribution < -0.4 is 0 Å². The van der Waals surface area contributed by atoms with Crippen molar-refractivity contribution in [3.05, 3.63) is 53.6 Å². The van der Waals surface area contributed by atoms with Crippen LogP contribution in [0.2, 0.25) is 0 Å². The highest BCUT2D eigenvalue weighted by atomic mass is 16.4. The fraction of sp³-hybridized carbons (Fsp3) is 0.133. The summed E-state index contributed by atoms with van der Waals surface area (Å²) in [7, 11) is 0. The molecule has 0 bridgehead atoms. The van der Waals surface area contributed by atoms with Gasteiger partial charge in [-0.1, -0.05) is 30.3 Å². The molecule has 18 heavy (non-hydrogen) atoms. The quantitative estimate of drug-likeness (QED) is 0.869. The maximum absolute atomic E-state index is 10.6. The summed E-state index contributed by atoms with van der Waals surface area (Å²) < 4.78 is 0. The Morgan fingerprint density at radius 3 is 2.33 bits per heavy atom. The molecular weight excluding hydrogens is 228 g/mol. The molecule has 0 heterocycles. The van der Waals surface area contributed by atoms with Crippen LogP contribution in [0.4, 0.5) is 0 Å². The highest BCUT2D eigenvalue weighted by Crippen LogP contribution is 2.26. The van der Waals surface area contributed by atoms with Gasteiger partial charge in [-0.2, -0.15) is 0 Å². The van der Waals surface area contributed by atoms with Crippen LogP contribution in [0.1, 0.15) is 11.1 Å². The fourth-order valence-electron chi connectivity index (χ4n) is 1.95. The van der Waals surface area contributed by atoms with Gasteiger partial charge in [0.15, 0.2) is 0 Å². The van der Waals surface area contributed by atoms with Gasteiger partial charge in [0.1, 0.15) is 5.75 Å². The first-order valence-corrected chi connectivity index (χ1v) is 5.67. The summed E-state index contributed by atoms with van der Waals surface area (Å²) in [4.78, 5) is 10.6. The molecule has 2 aromatic rings. The molecule has 0 saturated carbocycles. The predicted octanol–water partition coefficient (Wildman–Crippen LogP) is 2.99. The van der Waals surface area contributed by atoms with Gasteiger partial charge in [0.25, 0.3) is 0 Å². The SMILES string of the molecule is Cc1cc(O)ccc1-c1ccc(CC(=O)O)cc1. The van der Waals surface area contributed by atoms with Crippen LogP contribution in [0.15, 0.2) is 42.5 Å². The van der Waals surface area contributed by atoms with Gasteiger partial charge >= 0.3 is 5.97 Å². The standard InChI is InChI=1S/C15H14O3/c1-10-8-13(16)6-7-14(10)12-4-2-11(3-5-12)9-15(17)18/h2-8,16H,9H2,1H3,(H,17,18). The number of carbonyl (C=O) groups is 1. The molecule has 0 unspecified atom stereocenters. The minimum atomic E-state index is -0.830. The Labute approximate surface area is 105 Å². The van der Waals surface area contributed by atoms with Crippen molar-refractivity contribution in [3.63, 3.8) is 0 Å². The topological polar surface area (TPSA) is 57.5 Å². The molecule has 0 spiro atoms. The highest BCUT2D eigenvalue weighted by Gasteiger charge is 2.04. The first-order valence-electron chi connectivity index (χ1n) is 5.67. The number of carboxylic acid groups (broad SMARTS) is 1. The molecule has 2 rings (SSSR count). The Hall–Kier alpha value is -2.29. The maximum Gasteiger partial charge on any atom is 0.307 e. The van der Waals surface area contributed by atoms with E-state index in [1.165, 1.54) is 0 Å². The summed E-state index contributed by atoms with van der Waals surface area (Å²) in [5.74, 6) is -0.581. The zero-order chi connectivity index (χ0) is 13.1. The molecule has 92 valence electrons. The summed E-state index contributed by atoms with van der Waals surface area (Å²) in [6.07, 6.45) is 0.0365. The van der Waals surface area contributed by atoms with Crippen LogP contribution in [-0.4, -0.2) is 16.2 Å². The lowest BCUT2D eigenvalue weighted by Crippen LogP contribution is -1.99. The number of rotatable bonds is 3. The van der Waals surface area contributed by atoms with Crippen LogP contribution in [0.3, 0.4) is 0 Å². The van der Waals surface area contributed by atoms with E-state index in [0.717, 1.165) is 22.3 Å². The summed E-state index contributed by atoms with van der Waals surface area (Å²) in [6, 6.07) is 12.6. The molecule has 0 aromatic heterocycles.